The van der Waals surface area contributed by atoms with Gasteiger partial charge in [-0.3, -0.25) is 19.9 Å². The van der Waals surface area contributed by atoms with Gasteiger partial charge < -0.3 is 14.8 Å². The first-order chi connectivity index (χ1) is 15.6. The number of hydrogen-bond donors (Lipinski definition) is 2. The number of anilines is 1. The fraction of sp³-hybridized carbons (Fsp3) is 0.227. The molecule has 32 heavy (non-hydrogen) atoms. The summed E-state index contributed by atoms with van der Waals surface area (Å²) in [6, 6.07) is 3.74. The van der Waals surface area contributed by atoms with Crippen molar-refractivity contribution in [3.8, 4) is 0 Å². The third-order valence-corrected chi connectivity index (χ3v) is 6.86. The number of piperazine rings is 1. The summed E-state index contributed by atoms with van der Waals surface area (Å²) in [4.78, 5) is 48.2. The molecule has 2 aliphatic heterocycles. The Morgan fingerprint density at radius 2 is 1.81 bits per heavy atom. The smallest absolute Gasteiger partial charge is 0.261 e. The van der Waals surface area contributed by atoms with Gasteiger partial charge in [0.1, 0.15) is 4.83 Å². The molecule has 4 aromatic heterocycles. The second-order valence-corrected chi connectivity index (χ2v) is 8.87. The number of pyridine rings is 1. The highest BCUT2D eigenvalue weighted by molar-refractivity contribution is 7.16. The Balaban J connectivity index is 1.60. The van der Waals surface area contributed by atoms with Gasteiger partial charge in [0, 0.05) is 54.9 Å². The predicted molar refractivity (Wildman–Crippen MR) is 123 cm³/mol. The average Bonchev–Trinajstić information content (AvgIpc) is 3.48. The Morgan fingerprint density at radius 3 is 2.66 bits per heavy atom. The number of imide groups is 1. The van der Waals surface area contributed by atoms with Crippen LogP contribution in [0.1, 0.15) is 11.3 Å². The molecule has 1 saturated heterocycles. The molecule has 1 fully saturated rings. The van der Waals surface area contributed by atoms with Gasteiger partial charge in [-0.25, -0.2) is 9.97 Å². The molecule has 160 valence electrons. The molecule has 2 aliphatic rings. The van der Waals surface area contributed by atoms with E-state index in [0.717, 1.165) is 36.4 Å². The first-order valence-electron chi connectivity index (χ1n) is 10.3. The summed E-state index contributed by atoms with van der Waals surface area (Å²) >= 11 is 1.55. The molecule has 0 atom stereocenters. The van der Waals surface area contributed by atoms with Crippen LogP contribution in [-0.4, -0.2) is 69.9 Å². The van der Waals surface area contributed by atoms with Crippen LogP contribution >= 0.6 is 11.3 Å². The van der Waals surface area contributed by atoms with E-state index in [2.05, 4.69) is 32.1 Å². The third kappa shape index (κ3) is 2.91. The second-order valence-electron chi connectivity index (χ2n) is 7.95. The molecule has 0 bridgehead atoms. The van der Waals surface area contributed by atoms with E-state index in [1.165, 1.54) is 0 Å². The van der Waals surface area contributed by atoms with Gasteiger partial charge in [-0.2, -0.15) is 0 Å². The molecule has 0 aromatic carbocycles. The topological polar surface area (TPSA) is 107 Å². The summed E-state index contributed by atoms with van der Waals surface area (Å²) < 4.78 is 0. The van der Waals surface area contributed by atoms with Crippen molar-refractivity contribution < 1.29 is 9.59 Å². The quantitative estimate of drug-likeness (QED) is 0.464. The molecule has 2 amide bonds. The number of fused-ring (bicyclic) bond motifs is 2. The zero-order valence-electron chi connectivity index (χ0n) is 17.3. The fourth-order valence-electron chi connectivity index (χ4n) is 4.30. The Labute approximate surface area is 186 Å². The lowest BCUT2D eigenvalue weighted by Gasteiger charge is -2.32. The number of carbonyl (C=O) groups is 2. The zero-order valence-corrected chi connectivity index (χ0v) is 18.1. The third-order valence-electron chi connectivity index (χ3n) is 6.01. The van der Waals surface area contributed by atoms with Gasteiger partial charge in [-0.05, 0) is 24.6 Å². The highest BCUT2D eigenvalue weighted by Crippen LogP contribution is 2.38. The van der Waals surface area contributed by atoms with Crippen LogP contribution in [0.15, 0.2) is 36.1 Å². The number of hydrogen-bond acceptors (Lipinski definition) is 8. The molecule has 0 aliphatic carbocycles. The summed E-state index contributed by atoms with van der Waals surface area (Å²) in [7, 11) is 2.08. The Kier molecular flexibility index (Phi) is 4.30. The minimum Gasteiger partial charge on any atom is -0.352 e. The van der Waals surface area contributed by atoms with Crippen LogP contribution in [0.25, 0.3) is 32.3 Å². The number of carbonyl (C=O) groups excluding carboxylic acids is 2. The highest BCUT2D eigenvalue weighted by Gasteiger charge is 2.36. The van der Waals surface area contributed by atoms with Crippen LogP contribution in [0.2, 0.25) is 0 Å². The largest absolute Gasteiger partial charge is 0.352 e. The number of amides is 2. The van der Waals surface area contributed by atoms with Crippen LogP contribution in [-0.2, 0) is 9.59 Å². The molecule has 0 spiro atoms. The summed E-state index contributed by atoms with van der Waals surface area (Å²) in [6.07, 6.45) is 5.09. The lowest BCUT2D eigenvalue weighted by atomic mass is 9.98. The van der Waals surface area contributed by atoms with Crippen LogP contribution in [0.4, 0.5) is 5.95 Å². The highest BCUT2D eigenvalue weighted by atomic mass is 32.1. The van der Waals surface area contributed by atoms with Crippen LogP contribution in [0.5, 0.6) is 0 Å². The molecular formula is C22H19N7O2S. The normalized spacial score (nSPS) is 17.7. The van der Waals surface area contributed by atoms with Gasteiger partial charge in [0.25, 0.3) is 11.8 Å². The Bertz CT molecular complexity index is 1430. The summed E-state index contributed by atoms with van der Waals surface area (Å²) in [5.74, 6) is -0.322. The minimum atomic E-state index is -0.448. The number of rotatable bonds is 3. The monoisotopic (exact) mass is 445 g/mol. The van der Waals surface area contributed by atoms with Crippen LogP contribution < -0.4 is 10.2 Å². The molecule has 9 nitrogen and oxygen atoms in total. The minimum absolute atomic E-state index is 0.274. The number of aromatic nitrogens is 4. The van der Waals surface area contributed by atoms with E-state index >= 15 is 0 Å². The van der Waals surface area contributed by atoms with Crippen LogP contribution in [0, 0.1) is 0 Å². The fourth-order valence-corrected chi connectivity index (χ4v) is 5.07. The maximum atomic E-state index is 13.0. The Morgan fingerprint density at radius 1 is 1.00 bits per heavy atom. The number of nitrogens with zero attached hydrogens (tertiary/aromatic N) is 5. The summed E-state index contributed by atoms with van der Waals surface area (Å²) in [5.41, 5.74) is 2.40. The summed E-state index contributed by atoms with van der Waals surface area (Å²) in [6.45, 7) is 3.37. The molecule has 4 aromatic rings. The Hall–Kier alpha value is -3.63. The zero-order chi connectivity index (χ0) is 21.8. The van der Waals surface area contributed by atoms with E-state index < -0.39 is 11.8 Å². The van der Waals surface area contributed by atoms with Gasteiger partial charge in [0.2, 0.25) is 5.95 Å². The van der Waals surface area contributed by atoms with E-state index in [1.807, 2.05) is 11.4 Å². The van der Waals surface area contributed by atoms with Crippen molar-refractivity contribution in [2.75, 3.05) is 38.1 Å². The molecule has 10 heteroatoms. The van der Waals surface area contributed by atoms with Crippen molar-refractivity contribution in [3.63, 3.8) is 0 Å². The second kappa shape index (κ2) is 7.21. The number of aromatic amines is 1. The molecular weight excluding hydrogens is 426 g/mol. The van der Waals surface area contributed by atoms with Crippen molar-refractivity contribution in [3.05, 3.63) is 47.4 Å². The van der Waals surface area contributed by atoms with Crippen molar-refractivity contribution in [2.45, 2.75) is 0 Å². The van der Waals surface area contributed by atoms with Gasteiger partial charge in [-0.15, -0.1) is 11.3 Å². The van der Waals surface area contributed by atoms with Gasteiger partial charge in [-0.1, -0.05) is 0 Å². The molecule has 0 radical (unpaired) electrons. The molecule has 0 saturated carbocycles. The lowest BCUT2D eigenvalue weighted by molar-refractivity contribution is -0.122. The van der Waals surface area contributed by atoms with E-state index in [9.17, 15) is 9.59 Å². The predicted octanol–water partition coefficient (Wildman–Crippen LogP) is 1.89. The van der Waals surface area contributed by atoms with Crippen molar-refractivity contribution in [2.24, 2.45) is 0 Å². The maximum absolute atomic E-state index is 13.0. The van der Waals surface area contributed by atoms with Gasteiger partial charge in [0.05, 0.1) is 28.6 Å². The van der Waals surface area contributed by atoms with E-state index in [0.29, 0.717) is 33.7 Å². The molecule has 6 rings (SSSR count). The number of nitrogens with one attached hydrogen (secondary N) is 2. The maximum Gasteiger partial charge on any atom is 0.261 e. The van der Waals surface area contributed by atoms with Crippen LogP contribution in [0.3, 0.4) is 0 Å². The number of likely N-dealkylation sites (N-methyl/N-ethyl adjacent to an activating group) is 1. The van der Waals surface area contributed by atoms with Gasteiger partial charge >= 0.3 is 0 Å². The molecule has 2 N–H and O–H groups in total. The van der Waals surface area contributed by atoms with Gasteiger partial charge in [0.15, 0.2) is 0 Å². The van der Waals surface area contributed by atoms with E-state index in [-0.39, 0.29) is 5.57 Å². The molecule has 6 heterocycles. The van der Waals surface area contributed by atoms with Crippen molar-refractivity contribution >= 4 is 61.4 Å². The first-order valence-corrected chi connectivity index (χ1v) is 11.2. The van der Waals surface area contributed by atoms with Crippen molar-refractivity contribution in [1.29, 1.82) is 0 Å². The standard InChI is InChI=1S/C22H19N7O2S/c1-28-5-7-29(8-6-28)22-25-15-11-23-4-2-13(15)18(26-22)17-16(19(30)27-20(17)31)14-10-24-21-12(14)3-9-32-21/h2-4,9-11,24H,5-8H2,1H3,(H,27,30,31). The molecule has 0 unspecified atom stereocenters. The lowest BCUT2D eigenvalue weighted by Crippen LogP contribution is -2.45. The van der Waals surface area contributed by atoms with E-state index in [1.54, 1.807) is 36.0 Å². The number of H-pyrrole nitrogens is 1. The first kappa shape index (κ1) is 19.1. The number of thiophene rings is 1. The van der Waals surface area contributed by atoms with E-state index in [4.69, 9.17) is 9.97 Å². The van der Waals surface area contributed by atoms with Crippen molar-refractivity contribution in [1.82, 2.24) is 30.2 Å². The average molecular weight is 446 g/mol. The summed E-state index contributed by atoms with van der Waals surface area (Å²) in [5, 5.41) is 6.02. The SMILES string of the molecule is CN1CCN(c2nc(C3=C(c4c[nH]c5sccc45)C(=O)NC3=O)c3ccncc3n2)CC1.